The van der Waals surface area contributed by atoms with Crippen LogP contribution in [0.1, 0.15) is 0 Å². The molecular formula is C12H8BrF3N2O2S. The molecule has 0 fully saturated rings. The standard InChI is InChI=1S/C12H8BrF3N2O2S/c13-7-4-12(10(16)5-9(7)15)18-21(19,20)6-1-2-8(14)11(17)3-6/h1-5,18H,17H2. The molecule has 0 aromatic heterocycles. The number of benzene rings is 2. The second-order valence-corrected chi connectivity index (χ2v) is 6.57. The number of hydrogen-bond acceptors (Lipinski definition) is 3. The van der Waals surface area contributed by atoms with Gasteiger partial charge in [-0.25, -0.2) is 21.6 Å². The fourth-order valence-electron chi connectivity index (χ4n) is 1.49. The highest BCUT2D eigenvalue weighted by Gasteiger charge is 2.19. The molecular weight excluding hydrogens is 373 g/mol. The van der Waals surface area contributed by atoms with Gasteiger partial charge < -0.3 is 5.73 Å². The molecule has 0 unspecified atom stereocenters. The largest absolute Gasteiger partial charge is 0.396 e. The van der Waals surface area contributed by atoms with Gasteiger partial charge in [-0.1, -0.05) is 0 Å². The van der Waals surface area contributed by atoms with Gasteiger partial charge in [0.25, 0.3) is 10.0 Å². The Hall–Kier alpha value is -1.74. The van der Waals surface area contributed by atoms with Gasteiger partial charge >= 0.3 is 0 Å². The van der Waals surface area contributed by atoms with Crippen LogP contribution >= 0.6 is 15.9 Å². The van der Waals surface area contributed by atoms with Gasteiger partial charge in [0.1, 0.15) is 17.5 Å². The Morgan fingerprint density at radius 3 is 2.29 bits per heavy atom. The van der Waals surface area contributed by atoms with Crippen LogP contribution in [0.3, 0.4) is 0 Å². The lowest BCUT2D eigenvalue weighted by Crippen LogP contribution is -2.14. The van der Waals surface area contributed by atoms with Crippen LogP contribution in [0.4, 0.5) is 24.5 Å². The topological polar surface area (TPSA) is 72.2 Å². The smallest absolute Gasteiger partial charge is 0.262 e. The van der Waals surface area contributed by atoms with Crippen molar-refractivity contribution in [2.24, 2.45) is 0 Å². The fourth-order valence-corrected chi connectivity index (χ4v) is 2.93. The van der Waals surface area contributed by atoms with Crippen molar-refractivity contribution in [1.29, 1.82) is 0 Å². The van der Waals surface area contributed by atoms with Crippen molar-refractivity contribution in [3.05, 3.63) is 52.3 Å². The van der Waals surface area contributed by atoms with E-state index in [1.807, 2.05) is 4.72 Å². The Bertz CT molecular complexity index is 812. The van der Waals surface area contributed by atoms with E-state index in [1.54, 1.807) is 0 Å². The van der Waals surface area contributed by atoms with E-state index in [9.17, 15) is 21.6 Å². The van der Waals surface area contributed by atoms with Gasteiger partial charge in [-0.3, -0.25) is 4.72 Å². The van der Waals surface area contributed by atoms with Crippen LogP contribution in [0.15, 0.2) is 39.7 Å². The predicted molar refractivity (Wildman–Crippen MR) is 75.7 cm³/mol. The first-order valence-corrected chi connectivity index (χ1v) is 7.71. The SMILES string of the molecule is Nc1cc(S(=O)(=O)Nc2cc(Br)c(F)cc2F)ccc1F. The van der Waals surface area contributed by atoms with Crippen molar-refractivity contribution < 1.29 is 21.6 Å². The number of anilines is 2. The summed E-state index contributed by atoms with van der Waals surface area (Å²) in [5, 5.41) is 0. The number of nitrogen functional groups attached to an aromatic ring is 1. The molecule has 21 heavy (non-hydrogen) atoms. The highest BCUT2D eigenvalue weighted by molar-refractivity contribution is 9.10. The van der Waals surface area contributed by atoms with Crippen molar-refractivity contribution in [2.75, 3.05) is 10.5 Å². The van der Waals surface area contributed by atoms with Crippen LogP contribution in [-0.2, 0) is 10.0 Å². The summed E-state index contributed by atoms with van der Waals surface area (Å²) in [6.45, 7) is 0. The van der Waals surface area contributed by atoms with Gasteiger partial charge in [-0.05, 0) is 40.2 Å². The van der Waals surface area contributed by atoms with Gasteiger partial charge in [0.15, 0.2) is 0 Å². The lowest BCUT2D eigenvalue weighted by Gasteiger charge is -2.10. The Morgan fingerprint density at radius 1 is 1.00 bits per heavy atom. The molecule has 0 amide bonds. The average molecular weight is 381 g/mol. The van der Waals surface area contributed by atoms with E-state index in [4.69, 9.17) is 5.73 Å². The maximum atomic E-state index is 13.5. The van der Waals surface area contributed by atoms with Crippen LogP contribution in [0, 0.1) is 17.5 Å². The fraction of sp³-hybridized carbons (Fsp3) is 0. The second-order valence-electron chi connectivity index (χ2n) is 4.03. The highest BCUT2D eigenvalue weighted by atomic mass is 79.9. The molecule has 0 aliphatic rings. The molecule has 9 heteroatoms. The third kappa shape index (κ3) is 3.30. The maximum absolute atomic E-state index is 13.5. The van der Waals surface area contributed by atoms with Gasteiger partial charge in [0.2, 0.25) is 0 Å². The van der Waals surface area contributed by atoms with Crippen molar-refractivity contribution in [3.63, 3.8) is 0 Å². The van der Waals surface area contributed by atoms with E-state index in [2.05, 4.69) is 15.9 Å². The Labute approximate surface area is 127 Å². The molecule has 112 valence electrons. The summed E-state index contributed by atoms with van der Waals surface area (Å²) in [6.07, 6.45) is 0. The zero-order chi connectivity index (χ0) is 15.8. The summed E-state index contributed by atoms with van der Waals surface area (Å²) >= 11 is 2.82. The molecule has 0 aliphatic heterocycles. The molecule has 2 aromatic carbocycles. The van der Waals surface area contributed by atoms with Crippen molar-refractivity contribution in [3.8, 4) is 0 Å². The summed E-state index contributed by atoms with van der Waals surface area (Å²) < 4.78 is 65.6. The van der Waals surface area contributed by atoms with Crippen molar-refractivity contribution in [2.45, 2.75) is 4.90 Å². The summed E-state index contributed by atoms with van der Waals surface area (Å²) in [5.41, 5.74) is 4.47. The third-order valence-corrected chi connectivity index (χ3v) is 4.50. The van der Waals surface area contributed by atoms with E-state index in [0.29, 0.717) is 6.07 Å². The summed E-state index contributed by atoms with van der Waals surface area (Å²) in [7, 11) is -4.18. The number of nitrogens with one attached hydrogen (secondary N) is 1. The van der Waals surface area contributed by atoms with Gasteiger partial charge in [-0.2, -0.15) is 0 Å². The van der Waals surface area contributed by atoms with Gasteiger partial charge in [-0.15, -0.1) is 0 Å². The molecule has 0 atom stereocenters. The van der Waals surface area contributed by atoms with Crippen LogP contribution in [-0.4, -0.2) is 8.42 Å². The Kier molecular flexibility index (Phi) is 4.15. The number of hydrogen-bond donors (Lipinski definition) is 2. The summed E-state index contributed by atoms with van der Waals surface area (Å²) in [4.78, 5) is -0.346. The Morgan fingerprint density at radius 2 is 1.67 bits per heavy atom. The minimum absolute atomic E-state index is 0.111. The molecule has 0 saturated carbocycles. The minimum atomic E-state index is -4.18. The van der Waals surface area contributed by atoms with Crippen LogP contribution in [0.25, 0.3) is 0 Å². The Balaban J connectivity index is 2.42. The molecule has 0 bridgehead atoms. The third-order valence-electron chi connectivity index (χ3n) is 2.53. The first-order valence-electron chi connectivity index (χ1n) is 5.43. The minimum Gasteiger partial charge on any atom is -0.396 e. The number of nitrogens with two attached hydrogens (primary N) is 1. The molecule has 3 N–H and O–H groups in total. The van der Waals surface area contributed by atoms with E-state index in [1.165, 1.54) is 0 Å². The molecule has 2 aromatic rings. The van der Waals surface area contributed by atoms with Gasteiger partial charge in [0, 0.05) is 6.07 Å². The number of rotatable bonds is 3. The van der Waals surface area contributed by atoms with E-state index >= 15 is 0 Å². The van der Waals surface area contributed by atoms with Crippen molar-refractivity contribution in [1.82, 2.24) is 0 Å². The summed E-state index contributed by atoms with van der Waals surface area (Å²) in [5.74, 6) is -2.74. The lowest BCUT2D eigenvalue weighted by atomic mass is 10.3. The molecule has 0 heterocycles. The number of sulfonamides is 1. The lowest BCUT2D eigenvalue weighted by molar-refractivity contribution is 0.579. The average Bonchev–Trinajstić information content (AvgIpc) is 2.39. The first kappa shape index (κ1) is 15.6. The van der Waals surface area contributed by atoms with Crippen LogP contribution in [0.2, 0.25) is 0 Å². The van der Waals surface area contributed by atoms with Crippen LogP contribution in [0.5, 0.6) is 0 Å². The molecule has 2 rings (SSSR count). The molecule has 0 spiro atoms. The monoisotopic (exact) mass is 380 g/mol. The normalized spacial score (nSPS) is 11.4. The van der Waals surface area contributed by atoms with Crippen molar-refractivity contribution >= 4 is 37.3 Å². The molecule has 0 radical (unpaired) electrons. The molecule has 4 nitrogen and oxygen atoms in total. The second kappa shape index (κ2) is 5.57. The quantitative estimate of drug-likeness (QED) is 0.634. The number of halogens is 4. The highest BCUT2D eigenvalue weighted by Crippen LogP contribution is 2.26. The zero-order valence-electron chi connectivity index (χ0n) is 10.2. The summed E-state index contributed by atoms with van der Waals surface area (Å²) in [6, 6.07) is 4.22. The van der Waals surface area contributed by atoms with E-state index in [0.717, 1.165) is 24.3 Å². The van der Waals surface area contributed by atoms with E-state index < -0.39 is 33.2 Å². The van der Waals surface area contributed by atoms with Crippen LogP contribution < -0.4 is 10.5 Å². The zero-order valence-corrected chi connectivity index (χ0v) is 12.6. The van der Waals surface area contributed by atoms with Gasteiger partial charge in [0.05, 0.1) is 20.7 Å². The first-order chi connectivity index (χ1) is 9.70. The molecule has 0 aliphatic carbocycles. The molecule has 0 saturated heterocycles. The van der Waals surface area contributed by atoms with E-state index in [-0.39, 0.29) is 15.1 Å². The predicted octanol–water partition coefficient (Wildman–Crippen LogP) is 3.25. The maximum Gasteiger partial charge on any atom is 0.262 e.